The highest BCUT2D eigenvalue weighted by Crippen LogP contribution is 2.39. The fourth-order valence-corrected chi connectivity index (χ4v) is 5.49. The topological polar surface area (TPSA) is 125 Å². The molecule has 1 fully saturated rings. The van der Waals surface area contributed by atoms with Gasteiger partial charge in [0.25, 0.3) is 5.91 Å². The van der Waals surface area contributed by atoms with E-state index in [1.165, 1.54) is 17.0 Å². The van der Waals surface area contributed by atoms with Crippen LogP contribution in [0.2, 0.25) is 0 Å². The third-order valence-corrected chi connectivity index (χ3v) is 7.75. The van der Waals surface area contributed by atoms with Gasteiger partial charge in [0, 0.05) is 5.56 Å². The lowest BCUT2D eigenvalue weighted by molar-refractivity contribution is -0.157. The maximum Gasteiger partial charge on any atom is 0.413 e. The van der Waals surface area contributed by atoms with Crippen LogP contribution in [0.3, 0.4) is 0 Å². The van der Waals surface area contributed by atoms with Gasteiger partial charge >= 0.3 is 12.1 Å². The summed E-state index contributed by atoms with van der Waals surface area (Å²) in [6, 6.07) is 2.25. The summed E-state index contributed by atoms with van der Waals surface area (Å²) in [7, 11) is 0. The molecule has 12 heteroatoms. The number of anilines is 1. The van der Waals surface area contributed by atoms with Crippen molar-refractivity contribution in [1.82, 2.24) is 9.62 Å². The number of nitrogens with zero attached hydrogens (tertiary/aromatic N) is 2. The maximum atomic E-state index is 15.7. The molecule has 2 heterocycles. The highest BCUT2D eigenvalue weighted by molar-refractivity contribution is 7.85. The Balaban J connectivity index is 1.77. The molecule has 0 spiro atoms. The van der Waals surface area contributed by atoms with Crippen molar-refractivity contribution in [2.45, 2.75) is 65.8 Å². The van der Waals surface area contributed by atoms with Gasteiger partial charge in [0.05, 0.1) is 18.5 Å². The lowest BCUT2D eigenvalue weighted by Gasteiger charge is -2.25. The van der Waals surface area contributed by atoms with Crippen LogP contribution in [0.1, 0.15) is 65.4 Å². The van der Waals surface area contributed by atoms with Crippen molar-refractivity contribution >= 4 is 40.4 Å². The average Bonchev–Trinajstić information content (AvgIpc) is 3.43. The highest BCUT2D eigenvalue weighted by Gasteiger charge is 2.35. The molecule has 0 radical (unpaired) electrons. The monoisotopic (exact) mass is 553 g/mol. The van der Waals surface area contributed by atoms with Gasteiger partial charge in [-0.3, -0.25) is 23.5 Å². The third kappa shape index (κ3) is 6.83. The summed E-state index contributed by atoms with van der Waals surface area (Å²) in [5.41, 5.74) is 0.227. The number of hydrogen-bond acceptors (Lipinski definition) is 7. The van der Waals surface area contributed by atoms with Gasteiger partial charge < -0.3 is 14.6 Å². The maximum absolute atomic E-state index is 15.7. The van der Waals surface area contributed by atoms with Gasteiger partial charge in [-0.05, 0) is 49.3 Å². The zero-order chi connectivity index (χ0) is 28.0. The molecule has 38 heavy (non-hydrogen) atoms. The first-order valence-corrected chi connectivity index (χ1v) is 14.0. The summed E-state index contributed by atoms with van der Waals surface area (Å²) in [6.45, 7) is 7.12. The fraction of sp³-hybridized carbons (Fsp3) is 0.577. The number of carbonyl (C=O) groups excluding carboxylic acids is 3. The first-order valence-electron chi connectivity index (χ1n) is 12.9. The molecule has 10 nitrogen and oxygen atoms in total. The molecule has 1 aromatic rings. The number of rotatable bonds is 11. The van der Waals surface area contributed by atoms with Gasteiger partial charge in [-0.2, -0.15) is 0 Å². The van der Waals surface area contributed by atoms with Crippen molar-refractivity contribution in [3.8, 4) is 5.75 Å². The summed E-state index contributed by atoms with van der Waals surface area (Å²) in [4.78, 5) is 38.3. The first-order chi connectivity index (χ1) is 18.1. The number of phenols is 1. The van der Waals surface area contributed by atoms with Crippen LogP contribution in [-0.2, 0) is 30.2 Å². The lowest BCUT2D eigenvalue weighted by atomic mass is 10.0. The van der Waals surface area contributed by atoms with Gasteiger partial charge in [-0.25, -0.2) is 13.4 Å². The molecule has 0 bridgehead atoms. The Bertz CT molecular complexity index is 1110. The second kappa shape index (κ2) is 13.1. The summed E-state index contributed by atoms with van der Waals surface area (Å²) in [5, 5.41) is 10.3. The van der Waals surface area contributed by atoms with E-state index in [0.717, 1.165) is 17.1 Å². The molecular formula is C26H36FN3O7S. The van der Waals surface area contributed by atoms with Crippen LogP contribution in [0, 0.1) is 17.7 Å². The number of nitrogens with one attached hydrogen (secondary N) is 1. The average molecular weight is 554 g/mol. The Morgan fingerprint density at radius 1 is 1.21 bits per heavy atom. The zero-order valence-corrected chi connectivity index (χ0v) is 23.0. The quantitative estimate of drug-likeness (QED) is 0.313. The lowest BCUT2D eigenvalue weighted by Crippen LogP contribution is -2.37. The third-order valence-electron chi connectivity index (χ3n) is 6.63. The number of halogens is 1. The van der Waals surface area contributed by atoms with Crippen molar-refractivity contribution in [2.75, 3.05) is 24.2 Å². The Labute approximate surface area is 224 Å². The van der Waals surface area contributed by atoms with E-state index in [2.05, 4.69) is 18.6 Å². The van der Waals surface area contributed by atoms with E-state index in [1.54, 1.807) is 6.08 Å². The van der Waals surface area contributed by atoms with Crippen LogP contribution in [-0.4, -0.2) is 58.1 Å². The van der Waals surface area contributed by atoms with Crippen LogP contribution in [0.4, 0.5) is 14.9 Å². The molecule has 1 aromatic carbocycles. The van der Waals surface area contributed by atoms with Crippen LogP contribution in [0.15, 0.2) is 18.2 Å². The number of ether oxygens (including phenoxy) is 2. The van der Waals surface area contributed by atoms with Gasteiger partial charge in [0.15, 0.2) is 5.82 Å². The molecule has 3 unspecified atom stereocenters. The van der Waals surface area contributed by atoms with Crippen LogP contribution in [0.5, 0.6) is 5.75 Å². The van der Waals surface area contributed by atoms with E-state index in [4.69, 9.17) is 9.47 Å². The highest BCUT2D eigenvalue weighted by atomic mass is 32.2. The number of aromatic hydroxyl groups is 1. The molecule has 2 amide bonds. The van der Waals surface area contributed by atoms with Crippen molar-refractivity contribution in [3.05, 3.63) is 29.6 Å². The number of amides is 2. The summed E-state index contributed by atoms with van der Waals surface area (Å²) in [5.74, 6) is -2.17. The largest absolute Gasteiger partial charge is 0.506 e. The van der Waals surface area contributed by atoms with Gasteiger partial charge in [0.1, 0.15) is 18.0 Å². The number of carbonyl (C=O) groups is 3. The van der Waals surface area contributed by atoms with Crippen molar-refractivity contribution in [1.29, 1.82) is 0 Å². The summed E-state index contributed by atoms with van der Waals surface area (Å²) < 4.78 is 41.4. The van der Waals surface area contributed by atoms with Crippen LogP contribution in [0.25, 0.3) is 5.57 Å². The van der Waals surface area contributed by atoms with E-state index in [1.807, 2.05) is 13.8 Å². The molecule has 2 aliphatic heterocycles. The van der Waals surface area contributed by atoms with Gasteiger partial charge in [0.2, 0.25) is 18.0 Å². The van der Waals surface area contributed by atoms with Gasteiger partial charge in [-0.15, -0.1) is 0 Å². The Hall–Kier alpha value is -3.15. The molecule has 2 aliphatic rings. The molecule has 3 rings (SSSR count). The van der Waals surface area contributed by atoms with E-state index in [9.17, 15) is 23.7 Å². The molecule has 0 saturated carbocycles. The molecule has 1 saturated heterocycles. The van der Waals surface area contributed by atoms with Crippen LogP contribution < -0.4 is 9.03 Å². The minimum atomic E-state index is -2.03. The van der Waals surface area contributed by atoms with E-state index < -0.39 is 47.5 Å². The number of hydrogen-bond donors (Lipinski definition) is 2. The number of phenolic OH excluding ortho intramolecular Hbond substituents is 1. The Morgan fingerprint density at radius 2 is 1.95 bits per heavy atom. The normalized spacial score (nSPS) is 19.9. The first kappa shape index (κ1) is 29.4. The van der Waals surface area contributed by atoms with Crippen molar-refractivity contribution in [2.24, 2.45) is 11.8 Å². The van der Waals surface area contributed by atoms with Crippen LogP contribution >= 0.6 is 0 Å². The molecular weight excluding hydrogens is 517 g/mol. The zero-order valence-electron chi connectivity index (χ0n) is 22.2. The van der Waals surface area contributed by atoms with Crippen molar-refractivity contribution < 1.29 is 37.6 Å². The second-order valence-electron chi connectivity index (χ2n) is 9.85. The standard InChI is InChI=1S/C26H36FN3O7S/c1-5-7-17(6-2)25(33)36-15-37-26(34)29-13-18(12-19(29)9-8-16(3)4)20-10-11-21(31)24(23(20)27)30-14-22(32)28-38(30)35/h10-12,16-17,19,31H,5-9,13-15H2,1-4H3,(H,28,32). The van der Waals surface area contributed by atoms with E-state index in [-0.39, 0.29) is 36.3 Å². The fourth-order valence-electron chi connectivity index (χ4n) is 4.55. The Morgan fingerprint density at radius 3 is 2.55 bits per heavy atom. The summed E-state index contributed by atoms with van der Waals surface area (Å²) >= 11 is -2.03. The smallest absolute Gasteiger partial charge is 0.413 e. The molecule has 0 aliphatic carbocycles. The SMILES string of the molecule is CCCC(CC)C(=O)OCOC(=O)N1CC(c2ccc(O)c(N3CC(=O)NS3=O)c2F)=CC1CCC(C)C. The van der Waals surface area contributed by atoms with Crippen molar-refractivity contribution in [3.63, 3.8) is 0 Å². The van der Waals surface area contributed by atoms with E-state index >= 15 is 4.39 Å². The molecule has 2 N–H and O–H groups in total. The molecule has 210 valence electrons. The van der Waals surface area contributed by atoms with E-state index in [0.29, 0.717) is 30.8 Å². The second-order valence-corrected chi connectivity index (χ2v) is 11.0. The predicted octanol–water partition coefficient (Wildman–Crippen LogP) is 4.01. The van der Waals surface area contributed by atoms with Gasteiger partial charge in [-0.1, -0.05) is 40.2 Å². The molecule has 0 aromatic heterocycles. The Kier molecular flexibility index (Phi) is 10.1. The predicted molar refractivity (Wildman–Crippen MR) is 140 cm³/mol. The summed E-state index contributed by atoms with van der Waals surface area (Å²) in [6.07, 6.45) is 4.63. The molecule has 3 atom stereocenters. The number of benzene rings is 1. The minimum Gasteiger partial charge on any atom is -0.506 e. The minimum absolute atomic E-state index is 0.0182. The number of esters is 1.